The van der Waals surface area contributed by atoms with E-state index >= 15 is 0 Å². The van der Waals surface area contributed by atoms with Crippen molar-refractivity contribution in [1.29, 1.82) is 0 Å². The van der Waals surface area contributed by atoms with E-state index in [1.165, 1.54) is 0 Å². The summed E-state index contributed by atoms with van der Waals surface area (Å²) in [6, 6.07) is 11.9. The van der Waals surface area contributed by atoms with Crippen LogP contribution in [0, 0.1) is 11.7 Å². The molecule has 0 amide bonds. The monoisotopic (exact) mass is 352 g/mol. The Morgan fingerprint density at radius 1 is 1.26 bits per heavy atom. The quantitative estimate of drug-likeness (QED) is 0.580. The number of rotatable bonds is 1. The first kappa shape index (κ1) is 12.9. The minimum absolute atomic E-state index is 0.647. The van der Waals surface area contributed by atoms with E-state index in [0.717, 1.165) is 26.8 Å². The number of H-pyrrole nitrogens is 1. The highest BCUT2D eigenvalue weighted by atomic mass is 79.9. The summed E-state index contributed by atoms with van der Waals surface area (Å²) in [4.78, 5) is 3.24. The second-order valence-electron chi connectivity index (χ2n) is 4.33. The number of aromatic amines is 1. The van der Waals surface area contributed by atoms with Gasteiger partial charge in [-0.1, -0.05) is 39.7 Å². The molecular weight excluding hydrogens is 344 g/mol. The summed E-state index contributed by atoms with van der Waals surface area (Å²) in [5.74, 6) is 0. The van der Waals surface area contributed by atoms with Gasteiger partial charge in [0.25, 0.3) is 0 Å². The lowest BCUT2D eigenvalue weighted by Crippen LogP contribution is -1.95. The third kappa shape index (κ3) is 2.14. The molecule has 0 saturated heterocycles. The molecule has 3 aromatic rings. The number of benzene rings is 2. The number of fused-ring (bicyclic) bond motifs is 1. The molecule has 1 N–H and O–H groups in total. The van der Waals surface area contributed by atoms with Crippen LogP contribution in [-0.2, 0) is 0 Å². The normalized spacial score (nSPS) is 11.1. The molecule has 0 aliphatic heterocycles. The molecule has 3 rings (SSSR count). The van der Waals surface area contributed by atoms with Crippen molar-refractivity contribution in [3.63, 3.8) is 0 Å². The summed E-state index contributed by atoms with van der Waals surface area (Å²) in [6.07, 6.45) is 0. The maximum atomic E-state index is 6.32. The van der Waals surface area contributed by atoms with Crippen molar-refractivity contribution in [3.05, 3.63) is 56.2 Å². The number of nitrogens with one attached hydrogen (secondary N) is 1. The molecule has 0 radical (unpaired) electrons. The van der Waals surface area contributed by atoms with E-state index in [1.54, 1.807) is 0 Å². The van der Waals surface area contributed by atoms with Gasteiger partial charge in [-0.2, -0.15) is 0 Å². The van der Waals surface area contributed by atoms with Gasteiger partial charge in [-0.25, -0.2) is 0 Å². The van der Waals surface area contributed by atoms with E-state index in [1.807, 2.05) is 34.9 Å². The maximum Gasteiger partial charge on any atom is 0.182 e. The van der Waals surface area contributed by atoms with Crippen molar-refractivity contribution in [2.45, 2.75) is 6.92 Å². The van der Waals surface area contributed by atoms with Gasteiger partial charge in [0.15, 0.2) is 4.77 Å². The average Bonchev–Trinajstić information content (AvgIpc) is 2.68. The molecule has 1 heterocycles. The third-order valence-corrected chi connectivity index (χ3v) is 4.16. The fraction of sp³-hybridized carbons (Fsp3) is 0.0714. The summed E-state index contributed by atoms with van der Waals surface area (Å²) in [5.41, 5.74) is 4.13. The van der Waals surface area contributed by atoms with Gasteiger partial charge in [0.1, 0.15) is 0 Å². The molecule has 19 heavy (non-hydrogen) atoms. The van der Waals surface area contributed by atoms with E-state index in [0.29, 0.717) is 9.79 Å². The lowest BCUT2D eigenvalue weighted by molar-refractivity contribution is 1.06. The molecule has 0 aliphatic carbocycles. The van der Waals surface area contributed by atoms with Crippen LogP contribution in [0.2, 0.25) is 5.02 Å². The number of aryl methyl sites for hydroxylation is 1. The van der Waals surface area contributed by atoms with Gasteiger partial charge < -0.3 is 4.98 Å². The fourth-order valence-corrected chi connectivity index (χ4v) is 3.23. The maximum absolute atomic E-state index is 6.32. The largest absolute Gasteiger partial charge is 0.330 e. The van der Waals surface area contributed by atoms with Crippen molar-refractivity contribution in [3.8, 4) is 5.69 Å². The Morgan fingerprint density at radius 2 is 2.05 bits per heavy atom. The predicted octanol–water partition coefficient (Wildman–Crippen LogP) is 5.41. The third-order valence-electron chi connectivity index (χ3n) is 3.08. The predicted molar refractivity (Wildman–Crippen MR) is 85.9 cm³/mol. The molecule has 0 unspecified atom stereocenters. The smallest absolute Gasteiger partial charge is 0.182 e. The number of para-hydroxylation sites is 1. The van der Waals surface area contributed by atoms with Crippen LogP contribution in [0.15, 0.2) is 40.9 Å². The van der Waals surface area contributed by atoms with Gasteiger partial charge in [-0.15, -0.1) is 0 Å². The number of hydrogen-bond donors (Lipinski definition) is 1. The second-order valence-corrected chi connectivity index (χ2v) is 6.04. The molecule has 0 aliphatic rings. The van der Waals surface area contributed by atoms with Crippen molar-refractivity contribution in [2.24, 2.45) is 0 Å². The van der Waals surface area contributed by atoms with E-state index in [9.17, 15) is 0 Å². The highest BCUT2D eigenvalue weighted by molar-refractivity contribution is 9.10. The summed E-state index contributed by atoms with van der Waals surface area (Å²) >= 11 is 15.2. The van der Waals surface area contributed by atoms with Crippen molar-refractivity contribution in [1.82, 2.24) is 9.55 Å². The van der Waals surface area contributed by atoms with Crippen LogP contribution in [0.3, 0.4) is 0 Å². The molecular formula is C14H10BrClN2S. The first-order valence-electron chi connectivity index (χ1n) is 5.73. The van der Waals surface area contributed by atoms with Crippen LogP contribution in [0.5, 0.6) is 0 Å². The van der Waals surface area contributed by atoms with Crippen molar-refractivity contribution < 1.29 is 0 Å². The highest BCUT2D eigenvalue weighted by Crippen LogP contribution is 2.28. The van der Waals surface area contributed by atoms with Gasteiger partial charge in [0.05, 0.1) is 21.7 Å². The molecule has 0 fully saturated rings. The molecule has 0 atom stereocenters. The number of aromatic nitrogens is 2. The van der Waals surface area contributed by atoms with E-state index in [-0.39, 0.29) is 0 Å². The molecule has 0 saturated carbocycles. The van der Waals surface area contributed by atoms with E-state index < -0.39 is 0 Å². The molecule has 96 valence electrons. The van der Waals surface area contributed by atoms with Crippen LogP contribution >= 0.6 is 39.7 Å². The molecule has 2 nitrogen and oxygen atoms in total. The number of hydrogen-bond acceptors (Lipinski definition) is 1. The van der Waals surface area contributed by atoms with Gasteiger partial charge in [0.2, 0.25) is 0 Å². The zero-order chi connectivity index (χ0) is 13.6. The topological polar surface area (TPSA) is 20.7 Å². The van der Waals surface area contributed by atoms with Gasteiger partial charge in [0, 0.05) is 4.47 Å². The van der Waals surface area contributed by atoms with Crippen LogP contribution in [0.4, 0.5) is 0 Å². The molecule has 0 spiro atoms. The lowest BCUT2D eigenvalue weighted by Gasteiger charge is -2.07. The van der Waals surface area contributed by atoms with Gasteiger partial charge in [-0.05, 0) is 49.0 Å². The molecule has 1 aromatic heterocycles. The molecule has 0 bridgehead atoms. The van der Waals surface area contributed by atoms with Crippen molar-refractivity contribution >= 4 is 50.8 Å². The summed E-state index contributed by atoms with van der Waals surface area (Å²) in [5, 5.41) is 0.660. The summed E-state index contributed by atoms with van der Waals surface area (Å²) in [6.45, 7) is 2.06. The Morgan fingerprint density at radius 3 is 2.79 bits per heavy atom. The highest BCUT2D eigenvalue weighted by Gasteiger charge is 2.10. The van der Waals surface area contributed by atoms with E-state index in [2.05, 4.69) is 33.9 Å². The fourth-order valence-electron chi connectivity index (χ4n) is 2.18. The second kappa shape index (κ2) is 4.78. The number of nitrogens with zero attached hydrogens (tertiary/aromatic N) is 1. The standard InChI is InChI=1S/C14H10BrClN2S/c1-8-3-2-4-12-13(8)17-14(19)18(12)11-6-5-9(15)7-10(11)16/h2-7H,1H3,(H,17,19). The average molecular weight is 354 g/mol. The summed E-state index contributed by atoms with van der Waals surface area (Å²) in [7, 11) is 0. The Bertz CT molecular complexity index is 835. The van der Waals surface area contributed by atoms with Gasteiger partial charge in [-0.3, -0.25) is 4.57 Å². The Hall–Kier alpha value is -1.10. The van der Waals surface area contributed by atoms with E-state index in [4.69, 9.17) is 23.8 Å². The zero-order valence-corrected chi connectivity index (χ0v) is 13.2. The van der Waals surface area contributed by atoms with Crippen LogP contribution in [0.1, 0.15) is 5.56 Å². The minimum atomic E-state index is 0.647. The Balaban J connectivity index is 2.40. The minimum Gasteiger partial charge on any atom is -0.330 e. The van der Waals surface area contributed by atoms with Crippen LogP contribution < -0.4 is 0 Å². The zero-order valence-electron chi connectivity index (χ0n) is 10.1. The number of halogens is 2. The van der Waals surface area contributed by atoms with Crippen molar-refractivity contribution in [2.75, 3.05) is 0 Å². The molecule has 2 aromatic carbocycles. The van der Waals surface area contributed by atoms with Crippen LogP contribution in [0.25, 0.3) is 16.7 Å². The SMILES string of the molecule is Cc1cccc2c1[nH]c(=S)n2-c1ccc(Br)cc1Cl. The number of imidazole rings is 1. The first-order valence-corrected chi connectivity index (χ1v) is 7.31. The van der Waals surface area contributed by atoms with Crippen LogP contribution in [-0.4, -0.2) is 9.55 Å². The Kier molecular flexibility index (Phi) is 3.25. The molecule has 5 heteroatoms. The first-order chi connectivity index (χ1) is 9.08. The summed E-state index contributed by atoms with van der Waals surface area (Å²) < 4.78 is 3.56. The van der Waals surface area contributed by atoms with Gasteiger partial charge >= 0.3 is 0 Å². The Labute approximate surface area is 129 Å². The lowest BCUT2D eigenvalue weighted by atomic mass is 10.2.